The molecule has 0 bridgehead atoms. The summed E-state index contributed by atoms with van der Waals surface area (Å²) in [6.07, 6.45) is 0.00945. The highest BCUT2D eigenvalue weighted by Crippen LogP contribution is 2.16. The van der Waals surface area contributed by atoms with E-state index in [4.69, 9.17) is 4.84 Å². The summed E-state index contributed by atoms with van der Waals surface area (Å²) in [5, 5.41) is 0.427. The van der Waals surface area contributed by atoms with E-state index >= 15 is 0 Å². The Morgan fingerprint density at radius 3 is 2.00 bits per heavy atom. The Morgan fingerprint density at radius 1 is 1.00 bits per heavy atom. The van der Waals surface area contributed by atoms with Gasteiger partial charge in [-0.05, 0) is 12.1 Å². The van der Waals surface area contributed by atoms with E-state index in [1.165, 1.54) is 25.3 Å². The number of hydrogen-bond donors (Lipinski definition) is 0. The maximum absolute atomic E-state index is 12.0. The van der Waals surface area contributed by atoms with Crippen LogP contribution in [0.25, 0.3) is 0 Å². The first-order valence-electron chi connectivity index (χ1n) is 5.80. The minimum absolute atomic E-state index is 0.000838. The van der Waals surface area contributed by atoms with Crippen molar-refractivity contribution in [2.75, 3.05) is 7.11 Å². The molecule has 0 spiro atoms. The van der Waals surface area contributed by atoms with Gasteiger partial charge in [0.05, 0.1) is 18.2 Å². The Kier molecular flexibility index (Phi) is 3.79. The standard InChI is InChI=1S/C13H11NO6/c1-19-12(17)8-4-2-3-5-9(8)13(18)20-14-10(15)6-7-11(14)16/h2-5H,6-7H2,1H3. The van der Waals surface area contributed by atoms with E-state index in [0.29, 0.717) is 5.06 Å². The van der Waals surface area contributed by atoms with E-state index in [1.807, 2.05) is 0 Å². The molecule has 1 aromatic rings. The predicted octanol–water partition coefficient (Wildman–Crippen LogP) is 0.694. The van der Waals surface area contributed by atoms with Crippen molar-refractivity contribution in [2.45, 2.75) is 12.8 Å². The lowest BCUT2D eigenvalue weighted by Crippen LogP contribution is -2.32. The molecule has 1 fully saturated rings. The van der Waals surface area contributed by atoms with Crippen molar-refractivity contribution >= 4 is 23.8 Å². The number of imide groups is 1. The molecule has 0 saturated carbocycles. The van der Waals surface area contributed by atoms with Crippen LogP contribution in [0.1, 0.15) is 33.6 Å². The van der Waals surface area contributed by atoms with Crippen LogP contribution < -0.4 is 0 Å². The highest BCUT2D eigenvalue weighted by atomic mass is 16.7. The molecule has 0 atom stereocenters. The lowest BCUT2D eigenvalue weighted by Gasteiger charge is -2.13. The van der Waals surface area contributed by atoms with Crippen LogP contribution in [0.5, 0.6) is 0 Å². The molecular weight excluding hydrogens is 266 g/mol. The van der Waals surface area contributed by atoms with Crippen LogP contribution in [0, 0.1) is 0 Å². The number of carbonyl (C=O) groups excluding carboxylic acids is 4. The predicted molar refractivity (Wildman–Crippen MR) is 64.3 cm³/mol. The number of benzene rings is 1. The van der Waals surface area contributed by atoms with E-state index in [0.717, 1.165) is 0 Å². The summed E-state index contributed by atoms with van der Waals surface area (Å²) < 4.78 is 4.55. The van der Waals surface area contributed by atoms with E-state index in [1.54, 1.807) is 6.07 Å². The quantitative estimate of drug-likeness (QED) is 0.596. The number of nitrogens with zero attached hydrogens (tertiary/aromatic N) is 1. The van der Waals surface area contributed by atoms with Crippen LogP contribution in [0.3, 0.4) is 0 Å². The van der Waals surface area contributed by atoms with Crippen LogP contribution in [-0.4, -0.2) is 35.9 Å². The molecule has 0 aromatic heterocycles. The van der Waals surface area contributed by atoms with Crippen molar-refractivity contribution in [1.29, 1.82) is 0 Å². The third-order valence-corrected chi connectivity index (χ3v) is 2.73. The molecule has 20 heavy (non-hydrogen) atoms. The van der Waals surface area contributed by atoms with E-state index in [2.05, 4.69) is 4.74 Å². The largest absolute Gasteiger partial charge is 0.465 e. The third kappa shape index (κ3) is 2.51. The summed E-state index contributed by atoms with van der Waals surface area (Å²) in [4.78, 5) is 51.0. The monoisotopic (exact) mass is 277 g/mol. The van der Waals surface area contributed by atoms with Crippen LogP contribution in [-0.2, 0) is 19.2 Å². The first-order valence-corrected chi connectivity index (χ1v) is 5.80. The second-order valence-electron chi connectivity index (χ2n) is 4.00. The number of amides is 2. The van der Waals surface area contributed by atoms with E-state index in [9.17, 15) is 19.2 Å². The molecule has 1 aliphatic rings. The van der Waals surface area contributed by atoms with Crippen molar-refractivity contribution in [2.24, 2.45) is 0 Å². The molecular formula is C13H11NO6. The fraction of sp³-hybridized carbons (Fsp3) is 0.231. The Morgan fingerprint density at radius 2 is 1.50 bits per heavy atom. The molecule has 2 amide bonds. The SMILES string of the molecule is COC(=O)c1ccccc1C(=O)ON1C(=O)CCC1=O. The second-order valence-corrected chi connectivity index (χ2v) is 4.00. The topological polar surface area (TPSA) is 90.0 Å². The van der Waals surface area contributed by atoms with Gasteiger partial charge in [0.2, 0.25) is 0 Å². The van der Waals surface area contributed by atoms with Crippen LogP contribution >= 0.6 is 0 Å². The molecule has 104 valence electrons. The number of ether oxygens (including phenoxy) is 1. The average molecular weight is 277 g/mol. The first kappa shape index (κ1) is 13.7. The summed E-state index contributed by atoms with van der Waals surface area (Å²) >= 11 is 0. The van der Waals surface area contributed by atoms with Crippen molar-refractivity contribution in [3.8, 4) is 0 Å². The van der Waals surface area contributed by atoms with Gasteiger partial charge < -0.3 is 9.57 Å². The van der Waals surface area contributed by atoms with Crippen LogP contribution in [0.4, 0.5) is 0 Å². The summed E-state index contributed by atoms with van der Waals surface area (Å²) in [7, 11) is 1.18. The number of hydroxylamine groups is 2. The fourth-order valence-electron chi connectivity index (χ4n) is 1.74. The van der Waals surface area contributed by atoms with Gasteiger partial charge in [0.15, 0.2) is 0 Å². The normalized spacial score (nSPS) is 14.3. The van der Waals surface area contributed by atoms with Crippen LogP contribution in [0.15, 0.2) is 24.3 Å². The van der Waals surface area contributed by atoms with Crippen molar-refractivity contribution in [3.05, 3.63) is 35.4 Å². The van der Waals surface area contributed by atoms with Gasteiger partial charge >= 0.3 is 11.9 Å². The number of carbonyl (C=O) groups is 4. The summed E-state index contributed by atoms with van der Waals surface area (Å²) in [5.74, 6) is -2.84. The second kappa shape index (κ2) is 5.52. The maximum atomic E-state index is 12.0. The van der Waals surface area contributed by atoms with Crippen molar-refractivity contribution < 1.29 is 28.8 Å². The van der Waals surface area contributed by atoms with Gasteiger partial charge in [-0.15, -0.1) is 5.06 Å². The highest BCUT2D eigenvalue weighted by Gasteiger charge is 2.33. The van der Waals surface area contributed by atoms with Gasteiger partial charge in [0.1, 0.15) is 0 Å². The summed E-state index contributed by atoms with van der Waals surface area (Å²) in [6.45, 7) is 0. The smallest absolute Gasteiger partial charge is 0.364 e. The minimum atomic E-state index is -0.963. The molecule has 0 aliphatic carbocycles. The molecule has 0 N–H and O–H groups in total. The minimum Gasteiger partial charge on any atom is -0.465 e. The first-order chi connectivity index (χ1) is 9.54. The van der Waals surface area contributed by atoms with E-state index in [-0.39, 0.29) is 24.0 Å². The molecule has 2 rings (SSSR count). The van der Waals surface area contributed by atoms with Gasteiger partial charge in [-0.1, -0.05) is 12.1 Å². The van der Waals surface area contributed by atoms with Gasteiger partial charge in [-0.25, -0.2) is 9.59 Å². The molecule has 0 radical (unpaired) electrons. The lowest BCUT2D eigenvalue weighted by molar-refractivity contribution is -0.172. The van der Waals surface area contributed by atoms with Gasteiger partial charge in [-0.3, -0.25) is 9.59 Å². The zero-order valence-electron chi connectivity index (χ0n) is 10.6. The van der Waals surface area contributed by atoms with Crippen molar-refractivity contribution in [1.82, 2.24) is 5.06 Å². The maximum Gasteiger partial charge on any atom is 0.364 e. The molecule has 1 aromatic carbocycles. The number of methoxy groups -OCH3 is 1. The lowest BCUT2D eigenvalue weighted by atomic mass is 10.1. The Bertz CT molecular complexity index is 578. The summed E-state index contributed by atoms with van der Waals surface area (Å²) in [5.41, 5.74) is -0.0778. The number of esters is 1. The molecule has 7 nitrogen and oxygen atoms in total. The van der Waals surface area contributed by atoms with Gasteiger partial charge in [0, 0.05) is 12.8 Å². The third-order valence-electron chi connectivity index (χ3n) is 2.73. The zero-order valence-corrected chi connectivity index (χ0v) is 10.6. The average Bonchev–Trinajstić information content (AvgIpc) is 2.78. The summed E-state index contributed by atoms with van der Waals surface area (Å²) in [6, 6.07) is 5.81. The highest BCUT2D eigenvalue weighted by molar-refractivity contribution is 6.06. The molecule has 0 unspecified atom stereocenters. The molecule has 1 saturated heterocycles. The van der Waals surface area contributed by atoms with Gasteiger partial charge in [-0.2, -0.15) is 0 Å². The molecule has 1 heterocycles. The Hall–Kier alpha value is -2.70. The van der Waals surface area contributed by atoms with E-state index < -0.39 is 23.8 Å². The fourth-order valence-corrected chi connectivity index (χ4v) is 1.74. The number of hydrogen-bond acceptors (Lipinski definition) is 6. The molecule has 7 heteroatoms. The Labute approximate surface area is 114 Å². The zero-order chi connectivity index (χ0) is 14.7. The molecule has 1 aliphatic heterocycles. The van der Waals surface area contributed by atoms with Crippen molar-refractivity contribution in [3.63, 3.8) is 0 Å². The van der Waals surface area contributed by atoms with Crippen LogP contribution in [0.2, 0.25) is 0 Å². The van der Waals surface area contributed by atoms with Gasteiger partial charge in [0.25, 0.3) is 11.8 Å². The Balaban J connectivity index is 2.24. The number of rotatable bonds is 3.